The van der Waals surface area contributed by atoms with Crippen molar-refractivity contribution in [3.8, 4) is 0 Å². The molecular formula is C33H50N4O7. The van der Waals surface area contributed by atoms with Gasteiger partial charge in [-0.25, -0.2) is 9.59 Å². The number of hydrogen-bond donors (Lipinski definition) is 3. The summed E-state index contributed by atoms with van der Waals surface area (Å²) in [7, 11) is 0. The van der Waals surface area contributed by atoms with Crippen LogP contribution in [0.25, 0.3) is 0 Å². The van der Waals surface area contributed by atoms with Gasteiger partial charge in [0.1, 0.15) is 18.2 Å². The number of rotatable bonds is 13. The Hall–Kier alpha value is -3.24. The van der Waals surface area contributed by atoms with Gasteiger partial charge in [-0.15, -0.1) is 0 Å². The number of Topliss-reactive ketones (excluding diaryl/α,β-unsaturated/α-hetero) is 2. The van der Waals surface area contributed by atoms with Gasteiger partial charge in [0, 0.05) is 18.9 Å². The number of primary amides is 1. The number of nitrogens with one attached hydrogen (secondary N) is 2. The van der Waals surface area contributed by atoms with Crippen molar-refractivity contribution in [2.75, 3.05) is 13.2 Å². The molecule has 0 spiro atoms. The topological polar surface area (TPSA) is 165 Å². The maximum absolute atomic E-state index is 14.3. The number of ketones is 2. The minimum atomic E-state index is -1.20. The van der Waals surface area contributed by atoms with Crippen molar-refractivity contribution in [1.29, 1.82) is 0 Å². The summed E-state index contributed by atoms with van der Waals surface area (Å²) in [5.41, 5.74) is 3.24. The average molecular weight is 615 g/mol. The number of nitrogens with zero attached hydrogens (tertiary/aromatic N) is 1. The summed E-state index contributed by atoms with van der Waals surface area (Å²) in [5.74, 6) is -3.40. The highest BCUT2D eigenvalue weighted by Gasteiger charge is 2.69. The highest BCUT2D eigenvalue weighted by molar-refractivity contribution is 6.36. The molecule has 1 heterocycles. The van der Waals surface area contributed by atoms with Gasteiger partial charge in [-0.05, 0) is 47.8 Å². The molecule has 1 saturated heterocycles. The number of piperidine rings is 1. The third-order valence-corrected chi connectivity index (χ3v) is 10.4. The van der Waals surface area contributed by atoms with Crippen molar-refractivity contribution < 1.29 is 33.5 Å². The van der Waals surface area contributed by atoms with Crippen LogP contribution in [-0.2, 0) is 28.7 Å². The van der Waals surface area contributed by atoms with Gasteiger partial charge < -0.3 is 26.0 Å². The Labute approximate surface area is 260 Å². The molecule has 0 bridgehead atoms. The van der Waals surface area contributed by atoms with E-state index in [0.717, 1.165) is 32.1 Å². The van der Waals surface area contributed by atoms with Gasteiger partial charge in [0.25, 0.3) is 5.91 Å². The Morgan fingerprint density at radius 3 is 2.25 bits per heavy atom. The summed E-state index contributed by atoms with van der Waals surface area (Å²) in [5, 5.41) is 5.69. The maximum Gasteiger partial charge on any atom is 0.332 e. The molecule has 4 aliphatic rings. The summed E-state index contributed by atoms with van der Waals surface area (Å²) >= 11 is 0. The van der Waals surface area contributed by atoms with E-state index in [0.29, 0.717) is 31.7 Å². The van der Waals surface area contributed by atoms with Gasteiger partial charge in [-0.3, -0.25) is 19.2 Å². The molecule has 3 aliphatic carbocycles. The van der Waals surface area contributed by atoms with E-state index in [1.165, 1.54) is 6.08 Å². The molecule has 44 heavy (non-hydrogen) atoms. The largest absolute Gasteiger partial charge is 0.460 e. The van der Waals surface area contributed by atoms with Crippen LogP contribution >= 0.6 is 0 Å². The second kappa shape index (κ2) is 12.6. The SMILES string of the molecule is C=CCOC(=O)C1(NC(=O)N[C@H](C(=O)N2C[C@H]3[C@@H]([C@H]2C(=O)CC(CC2CC2)C(=O)C(N)=O)C3(C)C)C(C)(C)C)CCCCC1. The molecule has 0 aromatic rings. The Morgan fingerprint density at radius 2 is 1.70 bits per heavy atom. The fraction of sp³-hybridized carbons (Fsp3) is 0.758. The summed E-state index contributed by atoms with van der Waals surface area (Å²) in [6.45, 7) is 13.6. The summed E-state index contributed by atoms with van der Waals surface area (Å²) in [6.07, 6.45) is 6.98. The van der Waals surface area contributed by atoms with Gasteiger partial charge in [-0.2, -0.15) is 0 Å². The van der Waals surface area contributed by atoms with Gasteiger partial charge >= 0.3 is 12.0 Å². The molecule has 1 aliphatic heterocycles. The lowest BCUT2D eigenvalue weighted by Gasteiger charge is -2.39. The van der Waals surface area contributed by atoms with Crippen molar-refractivity contribution in [3.05, 3.63) is 12.7 Å². The van der Waals surface area contributed by atoms with Crippen molar-refractivity contribution in [2.24, 2.45) is 40.2 Å². The van der Waals surface area contributed by atoms with Crippen LogP contribution in [0.4, 0.5) is 4.79 Å². The number of nitrogens with two attached hydrogens (primary N) is 1. The Kier molecular flexibility index (Phi) is 9.66. The number of esters is 1. The van der Waals surface area contributed by atoms with Crippen molar-refractivity contribution in [1.82, 2.24) is 15.5 Å². The molecule has 0 aromatic carbocycles. The number of carbonyl (C=O) groups excluding carboxylic acids is 6. The van der Waals surface area contributed by atoms with E-state index in [-0.39, 0.29) is 42.0 Å². The number of urea groups is 1. The average Bonchev–Trinajstić information content (AvgIpc) is 3.80. The quantitative estimate of drug-likeness (QED) is 0.163. The zero-order valence-electron chi connectivity index (χ0n) is 26.9. The summed E-state index contributed by atoms with van der Waals surface area (Å²) in [4.78, 5) is 80.7. The minimum Gasteiger partial charge on any atom is -0.460 e. The number of likely N-dealkylation sites (tertiary alicyclic amines) is 1. The molecule has 4 fully saturated rings. The van der Waals surface area contributed by atoms with Crippen LogP contribution in [0.15, 0.2) is 12.7 Å². The Balaban J connectivity index is 1.53. The van der Waals surface area contributed by atoms with Crippen LogP contribution in [0.3, 0.4) is 0 Å². The predicted octanol–water partition coefficient (Wildman–Crippen LogP) is 3.05. The van der Waals surface area contributed by atoms with Crippen LogP contribution in [0.2, 0.25) is 0 Å². The fourth-order valence-electron chi connectivity index (χ4n) is 7.49. The first-order valence-electron chi connectivity index (χ1n) is 16.1. The zero-order valence-corrected chi connectivity index (χ0v) is 26.9. The predicted molar refractivity (Wildman–Crippen MR) is 163 cm³/mol. The number of ether oxygens (including phenoxy) is 1. The lowest BCUT2D eigenvalue weighted by atomic mass is 9.81. The Bertz CT molecular complexity index is 1190. The van der Waals surface area contributed by atoms with E-state index >= 15 is 0 Å². The lowest BCUT2D eigenvalue weighted by molar-refractivity contribution is -0.151. The van der Waals surface area contributed by atoms with Gasteiger partial charge in [0.05, 0.1) is 6.04 Å². The van der Waals surface area contributed by atoms with E-state index in [1.807, 2.05) is 20.8 Å². The van der Waals surface area contributed by atoms with E-state index in [1.54, 1.807) is 4.90 Å². The fourth-order valence-corrected chi connectivity index (χ4v) is 7.49. The lowest BCUT2D eigenvalue weighted by Crippen LogP contribution is -2.63. The molecule has 4 amide bonds. The van der Waals surface area contributed by atoms with E-state index in [2.05, 4.69) is 31.1 Å². The minimum absolute atomic E-state index is 0.0304. The molecule has 11 heteroatoms. The van der Waals surface area contributed by atoms with Crippen molar-refractivity contribution in [2.45, 2.75) is 110 Å². The number of carbonyl (C=O) groups is 6. The van der Waals surface area contributed by atoms with E-state index in [4.69, 9.17) is 10.5 Å². The van der Waals surface area contributed by atoms with Crippen LogP contribution in [0.5, 0.6) is 0 Å². The normalized spacial score (nSPS) is 26.4. The molecular weight excluding hydrogens is 564 g/mol. The van der Waals surface area contributed by atoms with Crippen molar-refractivity contribution >= 4 is 35.4 Å². The molecule has 5 atom stereocenters. The van der Waals surface area contributed by atoms with Gasteiger partial charge in [0.15, 0.2) is 5.78 Å². The van der Waals surface area contributed by atoms with Gasteiger partial charge in [-0.1, -0.05) is 79.4 Å². The monoisotopic (exact) mass is 614 g/mol. The third-order valence-electron chi connectivity index (χ3n) is 10.4. The summed E-state index contributed by atoms with van der Waals surface area (Å²) < 4.78 is 5.34. The smallest absolute Gasteiger partial charge is 0.332 e. The first-order valence-corrected chi connectivity index (χ1v) is 16.1. The molecule has 3 saturated carbocycles. The van der Waals surface area contributed by atoms with Crippen LogP contribution < -0.4 is 16.4 Å². The second-order valence-corrected chi connectivity index (χ2v) is 15.1. The first-order chi connectivity index (χ1) is 20.5. The highest BCUT2D eigenvalue weighted by atomic mass is 16.5. The maximum atomic E-state index is 14.3. The number of amides is 4. The highest BCUT2D eigenvalue weighted by Crippen LogP contribution is 2.65. The molecule has 0 radical (unpaired) electrons. The standard InChI is InChI=1S/C33H50N4O7/c1-7-15-44-29(42)33(13-9-8-10-14-33)36-30(43)35-26(31(2,3)4)28(41)37-18-21-23(32(21,5)6)24(37)22(38)17-20(16-19-11-12-19)25(39)27(34)40/h7,19-21,23-24,26H,1,8-18H2,2-6H3,(H2,34,40)(H2,35,36,43)/t20?,21-,23-,24+,26+/m0/s1. The van der Waals surface area contributed by atoms with E-state index in [9.17, 15) is 28.8 Å². The first kappa shape index (κ1) is 33.6. The molecule has 11 nitrogen and oxygen atoms in total. The van der Waals surface area contributed by atoms with Crippen LogP contribution in [-0.4, -0.2) is 71.1 Å². The zero-order chi connectivity index (χ0) is 32.6. The van der Waals surface area contributed by atoms with Crippen LogP contribution in [0, 0.1) is 34.5 Å². The molecule has 4 N–H and O–H groups in total. The number of fused-ring (bicyclic) bond motifs is 1. The molecule has 1 unspecified atom stereocenters. The van der Waals surface area contributed by atoms with Gasteiger partial charge in [0.2, 0.25) is 11.7 Å². The molecule has 0 aromatic heterocycles. The van der Waals surface area contributed by atoms with E-state index < -0.39 is 52.6 Å². The number of hydrogen-bond acceptors (Lipinski definition) is 7. The second-order valence-electron chi connectivity index (χ2n) is 15.1. The molecule has 4 rings (SSSR count). The van der Waals surface area contributed by atoms with Crippen molar-refractivity contribution in [3.63, 3.8) is 0 Å². The van der Waals surface area contributed by atoms with Crippen LogP contribution in [0.1, 0.15) is 92.4 Å². The molecule has 244 valence electrons. The third kappa shape index (κ3) is 7.01. The Morgan fingerprint density at radius 1 is 1.07 bits per heavy atom. The summed E-state index contributed by atoms with van der Waals surface area (Å²) in [6, 6.07) is -2.42.